The summed E-state index contributed by atoms with van der Waals surface area (Å²) in [7, 11) is -3.69. The maximum absolute atomic E-state index is 11.5. The second-order valence-corrected chi connectivity index (χ2v) is 8.21. The van der Waals surface area contributed by atoms with Crippen LogP contribution in [0, 0.1) is 0 Å². The molecule has 1 aromatic carbocycles. The van der Waals surface area contributed by atoms with E-state index in [9.17, 15) is 8.42 Å². The largest absolute Gasteiger partial charge is 0.357 e. The number of nitrogens with zero attached hydrogens (tertiary/aromatic N) is 2. The number of primary sulfonamides is 1. The SMILES string of the molecule is CCCN1CCC(NC(=NCc2cccc(S(N)(=O)=O)c2)NCC)CC1.I. The van der Waals surface area contributed by atoms with Crippen molar-refractivity contribution in [3.8, 4) is 0 Å². The van der Waals surface area contributed by atoms with Gasteiger partial charge in [-0.1, -0.05) is 19.1 Å². The highest BCUT2D eigenvalue weighted by Crippen LogP contribution is 2.12. The highest BCUT2D eigenvalue weighted by atomic mass is 127. The summed E-state index contributed by atoms with van der Waals surface area (Å²) >= 11 is 0. The number of sulfonamides is 1. The third kappa shape index (κ3) is 8.32. The van der Waals surface area contributed by atoms with E-state index in [1.54, 1.807) is 12.1 Å². The van der Waals surface area contributed by atoms with E-state index < -0.39 is 10.0 Å². The lowest BCUT2D eigenvalue weighted by Gasteiger charge is -2.32. The van der Waals surface area contributed by atoms with Crippen LogP contribution in [0.3, 0.4) is 0 Å². The number of nitrogens with two attached hydrogens (primary N) is 1. The van der Waals surface area contributed by atoms with E-state index in [1.165, 1.54) is 19.0 Å². The minimum Gasteiger partial charge on any atom is -0.357 e. The third-order valence-electron chi connectivity index (χ3n) is 4.46. The van der Waals surface area contributed by atoms with Crippen LogP contribution < -0.4 is 15.8 Å². The second kappa shape index (κ2) is 11.8. The molecule has 1 aliphatic rings. The Labute approximate surface area is 180 Å². The Bertz CT molecular complexity index is 703. The molecular weight excluding hydrogens is 477 g/mol. The number of aliphatic imine (C=N–C) groups is 1. The van der Waals surface area contributed by atoms with Gasteiger partial charge >= 0.3 is 0 Å². The van der Waals surface area contributed by atoms with Crippen molar-refractivity contribution < 1.29 is 8.42 Å². The Hall–Kier alpha value is -0.910. The maximum Gasteiger partial charge on any atom is 0.238 e. The van der Waals surface area contributed by atoms with Crippen molar-refractivity contribution in [2.75, 3.05) is 26.2 Å². The Morgan fingerprint density at radius 1 is 1.30 bits per heavy atom. The normalized spacial score (nSPS) is 16.6. The highest BCUT2D eigenvalue weighted by Gasteiger charge is 2.19. The molecule has 9 heteroatoms. The van der Waals surface area contributed by atoms with Crippen LogP contribution in [0.4, 0.5) is 0 Å². The molecule has 1 aromatic rings. The van der Waals surface area contributed by atoms with Crippen molar-refractivity contribution in [1.29, 1.82) is 0 Å². The Balaban J connectivity index is 0.00000364. The van der Waals surface area contributed by atoms with Crippen molar-refractivity contribution in [2.24, 2.45) is 10.1 Å². The smallest absolute Gasteiger partial charge is 0.238 e. The Morgan fingerprint density at radius 3 is 2.59 bits per heavy atom. The third-order valence-corrected chi connectivity index (χ3v) is 5.37. The van der Waals surface area contributed by atoms with Crippen LogP contribution in [-0.2, 0) is 16.6 Å². The molecule has 1 fully saturated rings. The molecule has 154 valence electrons. The van der Waals surface area contributed by atoms with Crippen molar-refractivity contribution in [1.82, 2.24) is 15.5 Å². The Morgan fingerprint density at radius 2 is 2.00 bits per heavy atom. The van der Waals surface area contributed by atoms with Gasteiger partial charge < -0.3 is 15.5 Å². The quantitative estimate of drug-likeness (QED) is 0.296. The molecule has 0 amide bonds. The molecule has 0 bridgehead atoms. The average molecular weight is 509 g/mol. The van der Waals surface area contributed by atoms with Crippen molar-refractivity contribution in [3.63, 3.8) is 0 Å². The highest BCUT2D eigenvalue weighted by molar-refractivity contribution is 14.0. The number of rotatable bonds is 7. The van der Waals surface area contributed by atoms with Gasteiger partial charge in [0.2, 0.25) is 10.0 Å². The molecule has 0 aliphatic carbocycles. The van der Waals surface area contributed by atoms with Crippen molar-refractivity contribution >= 4 is 40.0 Å². The number of hydrogen-bond donors (Lipinski definition) is 3. The van der Waals surface area contributed by atoms with Crippen LogP contribution in [0.5, 0.6) is 0 Å². The summed E-state index contributed by atoms with van der Waals surface area (Å²) in [6.45, 7) is 8.81. The first kappa shape index (κ1) is 24.1. The second-order valence-electron chi connectivity index (χ2n) is 6.65. The molecule has 2 rings (SSSR count). The summed E-state index contributed by atoms with van der Waals surface area (Å²) in [4.78, 5) is 7.22. The zero-order valence-electron chi connectivity index (χ0n) is 16.1. The molecule has 0 atom stereocenters. The van der Waals surface area contributed by atoms with Gasteiger partial charge in [0, 0.05) is 25.7 Å². The number of halogens is 1. The molecule has 1 heterocycles. The fourth-order valence-electron chi connectivity index (χ4n) is 3.12. The van der Waals surface area contributed by atoms with Crippen LogP contribution in [0.2, 0.25) is 0 Å². The van der Waals surface area contributed by atoms with Crippen LogP contribution in [0.15, 0.2) is 34.2 Å². The van der Waals surface area contributed by atoms with Gasteiger partial charge in [0.05, 0.1) is 11.4 Å². The average Bonchev–Trinajstić information content (AvgIpc) is 2.61. The van der Waals surface area contributed by atoms with E-state index >= 15 is 0 Å². The number of hydrogen-bond acceptors (Lipinski definition) is 4. The summed E-state index contributed by atoms with van der Waals surface area (Å²) in [6.07, 6.45) is 3.40. The van der Waals surface area contributed by atoms with Gasteiger partial charge in [-0.15, -0.1) is 24.0 Å². The van der Waals surface area contributed by atoms with Gasteiger partial charge in [-0.25, -0.2) is 18.5 Å². The first-order valence-corrected chi connectivity index (χ1v) is 10.9. The molecule has 0 aromatic heterocycles. The fraction of sp³-hybridized carbons (Fsp3) is 0.611. The molecule has 0 saturated carbocycles. The molecule has 1 saturated heterocycles. The van der Waals surface area contributed by atoms with E-state index in [2.05, 4.69) is 27.4 Å². The summed E-state index contributed by atoms with van der Waals surface area (Å²) in [6, 6.07) is 7.03. The van der Waals surface area contributed by atoms with Gasteiger partial charge in [0.1, 0.15) is 0 Å². The first-order valence-electron chi connectivity index (χ1n) is 9.31. The van der Waals surface area contributed by atoms with Crippen molar-refractivity contribution in [2.45, 2.75) is 50.6 Å². The summed E-state index contributed by atoms with van der Waals surface area (Å²) in [5.41, 5.74) is 0.812. The van der Waals surface area contributed by atoms with Crippen molar-refractivity contribution in [3.05, 3.63) is 29.8 Å². The predicted molar refractivity (Wildman–Crippen MR) is 121 cm³/mol. The molecule has 0 unspecified atom stereocenters. The Kier molecular flexibility index (Phi) is 10.6. The van der Waals surface area contributed by atoms with E-state index in [0.29, 0.717) is 12.6 Å². The molecule has 4 N–H and O–H groups in total. The van der Waals surface area contributed by atoms with Crippen LogP contribution in [-0.4, -0.2) is 51.5 Å². The number of likely N-dealkylation sites (tertiary alicyclic amines) is 1. The summed E-state index contributed by atoms with van der Waals surface area (Å²) < 4.78 is 22.9. The van der Waals surface area contributed by atoms with Gasteiger partial charge in [-0.2, -0.15) is 0 Å². The van der Waals surface area contributed by atoms with Crippen LogP contribution in [0.25, 0.3) is 0 Å². The molecule has 7 nitrogen and oxygen atoms in total. The van der Waals surface area contributed by atoms with E-state index in [-0.39, 0.29) is 28.9 Å². The zero-order chi connectivity index (χ0) is 19.0. The fourth-order valence-corrected chi connectivity index (χ4v) is 3.71. The number of guanidine groups is 1. The minimum atomic E-state index is -3.69. The van der Waals surface area contributed by atoms with E-state index in [0.717, 1.165) is 44.0 Å². The van der Waals surface area contributed by atoms with Crippen LogP contribution in [0.1, 0.15) is 38.7 Å². The lowest BCUT2D eigenvalue weighted by Crippen LogP contribution is -2.48. The van der Waals surface area contributed by atoms with Gasteiger partial charge in [0.25, 0.3) is 0 Å². The lowest BCUT2D eigenvalue weighted by molar-refractivity contribution is 0.206. The maximum atomic E-state index is 11.5. The topological polar surface area (TPSA) is 99.8 Å². The van der Waals surface area contributed by atoms with E-state index in [1.807, 2.05) is 13.0 Å². The molecule has 0 spiro atoms. The molecule has 1 aliphatic heterocycles. The molecular formula is C18H32IN5O2S. The summed E-state index contributed by atoms with van der Waals surface area (Å²) in [5.74, 6) is 0.766. The van der Waals surface area contributed by atoms with E-state index in [4.69, 9.17) is 5.14 Å². The zero-order valence-corrected chi connectivity index (χ0v) is 19.3. The number of nitrogens with one attached hydrogen (secondary N) is 2. The van der Waals surface area contributed by atoms with Gasteiger partial charge in [-0.3, -0.25) is 0 Å². The molecule has 0 radical (unpaired) electrons. The monoisotopic (exact) mass is 509 g/mol. The number of benzene rings is 1. The van der Waals surface area contributed by atoms with Crippen LogP contribution >= 0.6 is 24.0 Å². The standard InChI is InChI=1S/C18H31N5O2S.HI/c1-3-10-23-11-8-16(9-12-23)22-18(20-4-2)21-14-15-6-5-7-17(13-15)26(19,24)25;/h5-7,13,16H,3-4,8-12,14H2,1-2H3,(H2,19,24,25)(H2,20,21,22);1H. The molecule has 27 heavy (non-hydrogen) atoms. The van der Waals surface area contributed by atoms with Gasteiger partial charge in [-0.05, 0) is 50.4 Å². The van der Waals surface area contributed by atoms with Gasteiger partial charge in [0.15, 0.2) is 5.96 Å². The lowest BCUT2D eigenvalue weighted by atomic mass is 10.1. The summed E-state index contributed by atoms with van der Waals surface area (Å²) in [5, 5.41) is 12.0. The minimum absolute atomic E-state index is 0. The first-order chi connectivity index (χ1) is 12.4. The predicted octanol–water partition coefficient (Wildman–Crippen LogP) is 1.88. The number of piperidine rings is 1.